The van der Waals surface area contributed by atoms with Gasteiger partial charge in [0.2, 0.25) is 0 Å². The lowest BCUT2D eigenvalue weighted by atomic mass is 10.1. The summed E-state index contributed by atoms with van der Waals surface area (Å²) in [7, 11) is 1.86. The van der Waals surface area contributed by atoms with Crippen molar-refractivity contribution < 1.29 is 9.53 Å². The van der Waals surface area contributed by atoms with Crippen LogP contribution in [0.4, 0.5) is 0 Å². The van der Waals surface area contributed by atoms with Gasteiger partial charge in [-0.1, -0.05) is 30.3 Å². The lowest BCUT2D eigenvalue weighted by Crippen LogP contribution is -2.25. The van der Waals surface area contributed by atoms with E-state index in [0.29, 0.717) is 11.5 Å². The number of allylic oxidation sites excluding steroid dienone is 1. The molecular formula is C16H15N3O2. The van der Waals surface area contributed by atoms with Crippen molar-refractivity contribution in [3.63, 3.8) is 0 Å². The number of amidine groups is 1. The predicted octanol–water partition coefficient (Wildman–Crippen LogP) is 2.23. The summed E-state index contributed by atoms with van der Waals surface area (Å²) in [6.45, 7) is 1.91. The molecule has 0 fully saturated rings. The van der Waals surface area contributed by atoms with Gasteiger partial charge in [-0.2, -0.15) is 5.26 Å². The Labute approximate surface area is 123 Å². The molecule has 106 valence electrons. The molecule has 5 heteroatoms. The van der Waals surface area contributed by atoms with Crippen molar-refractivity contribution in [2.24, 2.45) is 4.99 Å². The van der Waals surface area contributed by atoms with Crippen molar-refractivity contribution >= 4 is 11.8 Å². The Kier molecular flexibility index (Phi) is 4.52. The summed E-state index contributed by atoms with van der Waals surface area (Å²) < 4.78 is 4.88. The van der Waals surface area contributed by atoms with Crippen LogP contribution in [0.15, 0.2) is 58.9 Å². The Bertz CT molecular complexity index is 667. The van der Waals surface area contributed by atoms with Crippen molar-refractivity contribution in [1.29, 1.82) is 5.26 Å². The van der Waals surface area contributed by atoms with Crippen molar-refractivity contribution in [2.75, 3.05) is 13.7 Å². The molecule has 0 atom stereocenters. The first kappa shape index (κ1) is 14.5. The molecule has 0 spiro atoms. The molecule has 1 aliphatic rings. The molecule has 0 aliphatic carbocycles. The third kappa shape index (κ3) is 3.18. The first-order valence-corrected chi connectivity index (χ1v) is 6.54. The highest BCUT2D eigenvalue weighted by molar-refractivity contribution is 6.02. The zero-order valence-electron chi connectivity index (χ0n) is 11.9. The van der Waals surface area contributed by atoms with Crippen LogP contribution in [0.25, 0.3) is 0 Å². The van der Waals surface area contributed by atoms with Crippen LogP contribution < -0.4 is 0 Å². The van der Waals surface area contributed by atoms with Gasteiger partial charge in [-0.15, -0.1) is 0 Å². The summed E-state index contributed by atoms with van der Waals surface area (Å²) in [5.74, 6) is 0.0190. The van der Waals surface area contributed by atoms with Gasteiger partial charge >= 0.3 is 5.97 Å². The number of hydrogen-bond donors (Lipinski definition) is 0. The molecule has 0 N–H and O–H groups in total. The number of nitriles is 1. The molecule has 21 heavy (non-hydrogen) atoms. The number of hydrogen-bond acceptors (Lipinski definition) is 5. The summed E-state index contributed by atoms with van der Waals surface area (Å²) in [6.07, 6.45) is 3.39. The zero-order valence-corrected chi connectivity index (χ0v) is 11.9. The van der Waals surface area contributed by atoms with E-state index in [0.717, 1.165) is 5.56 Å². The molecular weight excluding hydrogens is 266 g/mol. The van der Waals surface area contributed by atoms with Crippen molar-refractivity contribution in [3.8, 4) is 6.07 Å². The second-order valence-corrected chi connectivity index (χ2v) is 4.32. The van der Waals surface area contributed by atoms with E-state index in [-0.39, 0.29) is 12.2 Å². The van der Waals surface area contributed by atoms with Gasteiger partial charge in [-0.3, -0.25) is 0 Å². The number of nitrogens with zero attached hydrogens (tertiary/aromatic N) is 3. The van der Waals surface area contributed by atoms with Crippen molar-refractivity contribution in [1.82, 2.24) is 4.90 Å². The van der Waals surface area contributed by atoms with Crippen LogP contribution in [0.5, 0.6) is 0 Å². The van der Waals surface area contributed by atoms with Crippen LogP contribution in [0, 0.1) is 11.3 Å². The maximum Gasteiger partial charge on any atom is 0.351 e. The molecule has 2 rings (SSSR count). The lowest BCUT2D eigenvalue weighted by Gasteiger charge is -2.21. The fraction of sp³-hybridized carbons (Fsp3) is 0.188. The zero-order chi connectivity index (χ0) is 15.2. The highest BCUT2D eigenvalue weighted by atomic mass is 16.5. The van der Waals surface area contributed by atoms with Crippen molar-refractivity contribution in [3.05, 3.63) is 59.4 Å². The molecule has 1 aromatic carbocycles. The Morgan fingerprint density at radius 2 is 2.10 bits per heavy atom. The topological polar surface area (TPSA) is 65.7 Å². The Balaban J connectivity index is 2.46. The average Bonchev–Trinajstić information content (AvgIpc) is 2.51. The van der Waals surface area contributed by atoms with Crippen LogP contribution >= 0.6 is 0 Å². The molecule has 1 heterocycles. The highest BCUT2D eigenvalue weighted by Crippen LogP contribution is 2.18. The van der Waals surface area contributed by atoms with Gasteiger partial charge in [-0.25, -0.2) is 9.79 Å². The number of rotatable bonds is 3. The van der Waals surface area contributed by atoms with Gasteiger partial charge in [0.15, 0.2) is 5.57 Å². The molecule has 1 aromatic rings. The van der Waals surface area contributed by atoms with Crippen LogP contribution in [0.1, 0.15) is 12.5 Å². The highest BCUT2D eigenvalue weighted by Gasteiger charge is 2.19. The van der Waals surface area contributed by atoms with Crippen LogP contribution in [0.3, 0.4) is 0 Å². The first-order valence-electron chi connectivity index (χ1n) is 6.54. The summed E-state index contributed by atoms with van der Waals surface area (Å²) in [4.78, 5) is 18.0. The molecule has 0 amide bonds. The number of benzene rings is 1. The van der Waals surface area contributed by atoms with Gasteiger partial charge < -0.3 is 9.64 Å². The minimum absolute atomic E-state index is 0.0883. The maximum atomic E-state index is 11.8. The Morgan fingerprint density at radius 1 is 1.38 bits per heavy atom. The molecule has 0 aromatic heterocycles. The van der Waals surface area contributed by atoms with Crippen LogP contribution in [-0.4, -0.2) is 30.4 Å². The third-order valence-corrected chi connectivity index (χ3v) is 2.90. The minimum atomic E-state index is -0.652. The van der Waals surface area contributed by atoms with E-state index in [4.69, 9.17) is 4.74 Å². The van der Waals surface area contributed by atoms with Gasteiger partial charge in [-0.05, 0) is 13.0 Å². The molecule has 5 nitrogen and oxygen atoms in total. The summed E-state index contributed by atoms with van der Waals surface area (Å²) in [5, 5.41) is 9.17. The molecule has 0 saturated heterocycles. The fourth-order valence-electron chi connectivity index (χ4n) is 1.89. The molecule has 0 unspecified atom stereocenters. The minimum Gasteiger partial charge on any atom is -0.462 e. The Hall–Kier alpha value is -2.87. The molecule has 0 bridgehead atoms. The normalized spacial score (nSPS) is 16.0. The molecule has 0 saturated carbocycles. The Morgan fingerprint density at radius 3 is 2.71 bits per heavy atom. The summed E-state index contributed by atoms with van der Waals surface area (Å²) in [6, 6.07) is 11.4. The molecule has 0 radical (unpaired) electrons. The average molecular weight is 281 g/mol. The molecule has 1 aliphatic heterocycles. The van der Waals surface area contributed by atoms with Crippen LogP contribution in [0.2, 0.25) is 0 Å². The van der Waals surface area contributed by atoms with E-state index in [1.165, 1.54) is 0 Å². The smallest absolute Gasteiger partial charge is 0.351 e. The summed E-state index contributed by atoms with van der Waals surface area (Å²) in [5.41, 5.74) is 1.13. The fourth-order valence-corrected chi connectivity index (χ4v) is 1.89. The van der Waals surface area contributed by atoms with Crippen molar-refractivity contribution in [2.45, 2.75) is 6.92 Å². The third-order valence-electron chi connectivity index (χ3n) is 2.90. The lowest BCUT2D eigenvalue weighted by molar-refractivity contribution is -0.138. The second-order valence-electron chi connectivity index (χ2n) is 4.32. The van der Waals surface area contributed by atoms with E-state index in [9.17, 15) is 10.1 Å². The summed E-state index contributed by atoms with van der Waals surface area (Å²) >= 11 is 0. The second kappa shape index (κ2) is 6.53. The van der Waals surface area contributed by atoms with Gasteiger partial charge in [0, 0.05) is 18.8 Å². The van der Waals surface area contributed by atoms with Gasteiger partial charge in [0.25, 0.3) is 0 Å². The van der Waals surface area contributed by atoms with Crippen LogP contribution in [-0.2, 0) is 9.53 Å². The van der Waals surface area contributed by atoms with E-state index in [1.54, 1.807) is 19.2 Å². The standard InChI is InChI=1S/C16H15N3O2/c1-3-21-16(20)13(11-17)14-9-10-19(2)15(18-14)12-7-5-4-6-8-12/h4-10H,3H2,1-2H3/b14-13-. The van der Waals surface area contributed by atoms with Gasteiger partial charge in [0.05, 0.1) is 12.3 Å². The van der Waals surface area contributed by atoms with E-state index < -0.39 is 5.97 Å². The van der Waals surface area contributed by atoms with E-state index in [1.807, 2.05) is 48.3 Å². The maximum absolute atomic E-state index is 11.8. The monoisotopic (exact) mass is 281 g/mol. The largest absolute Gasteiger partial charge is 0.462 e. The predicted molar refractivity (Wildman–Crippen MR) is 79.2 cm³/mol. The number of carbonyl (C=O) groups excluding carboxylic acids is 1. The van der Waals surface area contributed by atoms with E-state index >= 15 is 0 Å². The number of esters is 1. The first-order chi connectivity index (χ1) is 10.2. The quantitative estimate of drug-likeness (QED) is 0.484. The number of ether oxygens (including phenoxy) is 1. The number of aliphatic imine (C=N–C) groups is 1. The van der Waals surface area contributed by atoms with E-state index in [2.05, 4.69) is 4.99 Å². The number of carbonyl (C=O) groups is 1. The SMILES string of the molecule is CCOC(=O)/C(C#N)=C1/C=CN(C)C(c2ccccc2)=N1. The van der Waals surface area contributed by atoms with Gasteiger partial charge in [0.1, 0.15) is 11.9 Å².